The Labute approximate surface area is 97.6 Å². The quantitative estimate of drug-likeness (QED) is 0.712. The van der Waals surface area contributed by atoms with Crippen molar-refractivity contribution in [3.63, 3.8) is 0 Å². The van der Waals surface area contributed by atoms with E-state index in [0.29, 0.717) is 0 Å². The lowest BCUT2D eigenvalue weighted by atomic mass is 10.2. The highest BCUT2D eigenvalue weighted by atomic mass is 19.1. The van der Waals surface area contributed by atoms with Crippen molar-refractivity contribution in [3.05, 3.63) is 29.6 Å². The number of hydrogen-bond acceptors (Lipinski definition) is 3. The van der Waals surface area contributed by atoms with Crippen LogP contribution in [0.4, 0.5) is 4.39 Å². The fraction of sp³-hybridized carbons (Fsp3) is 0.273. The molecule has 0 aliphatic heterocycles. The summed E-state index contributed by atoms with van der Waals surface area (Å²) in [5.41, 5.74) is -0.167. The van der Waals surface area contributed by atoms with Crippen molar-refractivity contribution >= 4 is 11.8 Å². The molecule has 6 heteroatoms. The zero-order chi connectivity index (χ0) is 12.8. The number of halogens is 1. The molecule has 0 bridgehead atoms. The monoisotopic (exact) mass is 240 g/mol. The molecule has 0 aliphatic carbocycles. The predicted molar refractivity (Wildman–Crippen MR) is 59.1 cm³/mol. The summed E-state index contributed by atoms with van der Waals surface area (Å²) in [6, 6.07) is 3.25. The Morgan fingerprint density at radius 3 is 2.71 bits per heavy atom. The average Bonchev–Trinajstić information content (AvgIpc) is 2.28. The summed E-state index contributed by atoms with van der Waals surface area (Å²) in [7, 11) is 1.49. The van der Waals surface area contributed by atoms with E-state index in [-0.39, 0.29) is 30.2 Å². The van der Waals surface area contributed by atoms with E-state index in [1.54, 1.807) is 0 Å². The second kappa shape index (κ2) is 5.83. The Bertz CT molecular complexity index is 435. The van der Waals surface area contributed by atoms with Gasteiger partial charge in [0, 0.05) is 26.1 Å². The standard InChI is InChI=1S/C11H13FN2O3/c1-13-10(16)4-5-14-11(17)8-3-2-7(15)6-9(8)12/h2-3,6,15H,4-5H2,1H3,(H,13,16)(H,14,17). The minimum atomic E-state index is -0.803. The lowest BCUT2D eigenvalue weighted by molar-refractivity contribution is -0.120. The van der Waals surface area contributed by atoms with Gasteiger partial charge in [0.25, 0.3) is 5.91 Å². The summed E-state index contributed by atoms with van der Waals surface area (Å²) in [5, 5.41) is 13.8. The molecule has 1 aromatic rings. The van der Waals surface area contributed by atoms with Crippen LogP contribution in [0.1, 0.15) is 16.8 Å². The maximum Gasteiger partial charge on any atom is 0.254 e. The Hall–Kier alpha value is -2.11. The van der Waals surface area contributed by atoms with Crippen LogP contribution >= 0.6 is 0 Å². The van der Waals surface area contributed by atoms with Gasteiger partial charge in [0.1, 0.15) is 11.6 Å². The van der Waals surface area contributed by atoms with Gasteiger partial charge in [-0.05, 0) is 12.1 Å². The van der Waals surface area contributed by atoms with Crippen LogP contribution in [-0.4, -0.2) is 30.5 Å². The third-order valence-electron chi connectivity index (χ3n) is 2.11. The smallest absolute Gasteiger partial charge is 0.254 e. The molecule has 0 atom stereocenters. The Kier molecular flexibility index (Phi) is 4.45. The molecular weight excluding hydrogens is 227 g/mol. The van der Waals surface area contributed by atoms with Gasteiger partial charge in [0.15, 0.2) is 0 Å². The van der Waals surface area contributed by atoms with Gasteiger partial charge in [-0.15, -0.1) is 0 Å². The lowest BCUT2D eigenvalue weighted by Crippen LogP contribution is -2.29. The second-order valence-electron chi connectivity index (χ2n) is 3.34. The molecule has 0 radical (unpaired) electrons. The molecular formula is C11H13FN2O3. The minimum Gasteiger partial charge on any atom is -0.508 e. The maximum absolute atomic E-state index is 13.3. The third kappa shape index (κ3) is 3.75. The first-order chi connectivity index (χ1) is 8.04. The summed E-state index contributed by atoms with van der Waals surface area (Å²) in [6.07, 6.45) is 0.127. The number of carbonyl (C=O) groups excluding carboxylic acids is 2. The number of phenolic OH excluding ortho intramolecular Hbond substituents is 1. The Balaban J connectivity index is 2.55. The minimum absolute atomic E-state index is 0.124. The number of hydrogen-bond donors (Lipinski definition) is 3. The van der Waals surface area contributed by atoms with Crippen molar-refractivity contribution in [2.24, 2.45) is 0 Å². The Morgan fingerprint density at radius 1 is 1.41 bits per heavy atom. The summed E-state index contributed by atoms with van der Waals surface area (Å²) in [6.45, 7) is 0.124. The van der Waals surface area contributed by atoms with Crippen LogP contribution in [0.25, 0.3) is 0 Å². The number of phenols is 1. The molecule has 2 amide bonds. The van der Waals surface area contributed by atoms with Crippen LogP contribution in [0.2, 0.25) is 0 Å². The van der Waals surface area contributed by atoms with E-state index in [2.05, 4.69) is 10.6 Å². The number of carbonyl (C=O) groups is 2. The van der Waals surface area contributed by atoms with E-state index < -0.39 is 11.7 Å². The Morgan fingerprint density at radius 2 is 2.12 bits per heavy atom. The highest BCUT2D eigenvalue weighted by molar-refractivity contribution is 5.94. The van der Waals surface area contributed by atoms with E-state index in [4.69, 9.17) is 5.11 Å². The molecule has 0 aliphatic rings. The van der Waals surface area contributed by atoms with Crippen LogP contribution in [0.3, 0.4) is 0 Å². The van der Waals surface area contributed by atoms with Gasteiger partial charge in [-0.2, -0.15) is 0 Å². The van der Waals surface area contributed by atoms with Crippen molar-refractivity contribution in [2.75, 3.05) is 13.6 Å². The number of aromatic hydroxyl groups is 1. The summed E-state index contributed by atoms with van der Waals surface area (Å²) >= 11 is 0. The van der Waals surface area contributed by atoms with Gasteiger partial charge in [0.05, 0.1) is 5.56 Å². The normalized spacial score (nSPS) is 9.76. The molecule has 5 nitrogen and oxygen atoms in total. The number of benzene rings is 1. The first kappa shape index (κ1) is 13.0. The van der Waals surface area contributed by atoms with Crippen LogP contribution in [0.15, 0.2) is 18.2 Å². The molecule has 0 saturated carbocycles. The van der Waals surface area contributed by atoms with Crippen molar-refractivity contribution in [2.45, 2.75) is 6.42 Å². The molecule has 92 valence electrons. The van der Waals surface area contributed by atoms with Crippen molar-refractivity contribution < 1.29 is 19.1 Å². The first-order valence-corrected chi connectivity index (χ1v) is 5.02. The summed E-state index contributed by atoms with van der Waals surface area (Å²) in [5.74, 6) is -1.88. The van der Waals surface area contributed by atoms with Crippen molar-refractivity contribution in [3.8, 4) is 5.75 Å². The van der Waals surface area contributed by atoms with Crippen LogP contribution < -0.4 is 10.6 Å². The van der Waals surface area contributed by atoms with E-state index in [1.807, 2.05) is 0 Å². The van der Waals surface area contributed by atoms with Crippen LogP contribution in [0, 0.1) is 5.82 Å². The maximum atomic E-state index is 13.3. The highest BCUT2D eigenvalue weighted by Gasteiger charge is 2.11. The molecule has 17 heavy (non-hydrogen) atoms. The molecule has 0 spiro atoms. The molecule has 0 heterocycles. The van der Waals surface area contributed by atoms with Gasteiger partial charge >= 0.3 is 0 Å². The lowest BCUT2D eigenvalue weighted by Gasteiger charge is -2.05. The van der Waals surface area contributed by atoms with E-state index in [1.165, 1.54) is 19.2 Å². The van der Waals surface area contributed by atoms with Gasteiger partial charge < -0.3 is 15.7 Å². The van der Waals surface area contributed by atoms with Crippen LogP contribution in [-0.2, 0) is 4.79 Å². The van der Waals surface area contributed by atoms with Crippen LogP contribution in [0.5, 0.6) is 5.75 Å². The molecule has 0 aromatic heterocycles. The van der Waals surface area contributed by atoms with Gasteiger partial charge in [0.2, 0.25) is 5.91 Å². The summed E-state index contributed by atoms with van der Waals surface area (Å²) < 4.78 is 13.3. The topological polar surface area (TPSA) is 78.4 Å². The molecule has 1 rings (SSSR count). The first-order valence-electron chi connectivity index (χ1n) is 5.02. The SMILES string of the molecule is CNC(=O)CCNC(=O)c1ccc(O)cc1F. The molecule has 0 saturated heterocycles. The van der Waals surface area contributed by atoms with Gasteiger partial charge in [-0.3, -0.25) is 9.59 Å². The fourth-order valence-corrected chi connectivity index (χ4v) is 1.20. The van der Waals surface area contributed by atoms with Crippen molar-refractivity contribution in [1.29, 1.82) is 0 Å². The van der Waals surface area contributed by atoms with Gasteiger partial charge in [-0.1, -0.05) is 0 Å². The molecule has 0 fully saturated rings. The second-order valence-corrected chi connectivity index (χ2v) is 3.34. The average molecular weight is 240 g/mol. The molecule has 1 aromatic carbocycles. The third-order valence-corrected chi connectivity index (χ3v) is 2.11. The highest BCUT2D eigenvalue weighted by Crippen LogP contribution is 2.14. The summed E-state index contributed by atoms with van der Waals surface area (Å²) in [4.78, 5) is 22.4. The van der Waals surface area contributed by atoms with Crippen molar-refractivity contribution in [1.82, 2.24) is 10.6 Å². The largest absolute Gasteiger partial charge is 0.508 e. The number of nitrogens with one attached hydrogen (secondary N) is 2. The van der Waals surface area contributed by atoms with E-state index in [0.717, 1.165) is 6.07 Å². The molecule has 3 N–H and O–H groups in total. The zero-order valence-electron chi connectivity index (χ0n) is 9.29. The number of amides is 2. The van der Waals surface area contributed by atoms with E-state index >= 15 is 0 Å². The number of rotatable bonds is 4. The predicted octanol–water partition coefficient (Wildman–Crippen LogP) is 0.397. The molecule has 0 unspecified atom stereocenters. The fourth-order valence-electron chi connectivity index (χ4n) is 1.20. The van der Waals surface area contributed by atoms with Gasteiger partial charge in [-0.25, -0.2) is 4.39 Å². The zero-order valence-corrected chi connectivity index (χ0v) is 9.29. The van der Waals surface area contributed by atoms with E-state index in [9.17, 15) is 14.0 Å².